The minimum atomic E-state index is -1.53. The summed E-state index contributed by atoms with van der Waals surface area (Å²) in [5.74, 6) is -1.53. The Kier molecular flexibility index (Phi) is 0.703. The summed E-state index contributed by atoms with van der Waals surface area (Å²) in [4.78, 5) is 0. The number of rotatable bonds is 0. The highest BCUT2D eigenvalue weighted by Gasteiger charge is 2.17. The van der Waals surface area contributed by atoms with E-state index in [1.54, 1.807) is 0 Å². The Labute approximate surface area is 40.4 Å². The van der Waals surface area contributed by atoms with E-state index in [1.807, 2.05) is 0 Å². The van der Waals surface area contributed by atoms with E-state index in [9.17, 15) is 0 Å². The molecular formula is C3H5N3O. The minimum absolute atomic E-state index is 1.30. The van der Waals surface area contributed by atoms with E-state index >= 15 is 0 Å². The van der Waals surface area contributed by atoms with Crippen LogP contribution >= 0.6 is 0 Å². The zero-order valence-corrected chi connectivity index (χ0v) is 3.57. The van der Waals surface area contributed by atoms with Crippen molar-refractivity contribution in [3.8, 4) is 0 Å². The Balaban J connectivity index is 2.77. The third kappa shape index (κ3) is 0.819. The molecule has 0 saturated heterocycles. The number of azo groups is 1. The zero-order chi connectivity index (χ0) is 5.33. The normalized spacial score (nSPS) is 37.4. The molecule has 1 unspecified atom stereocenters. The Bertz CT molecular complexity index is 112. The second-order valence-electron chi connectivity index (χ2n) is 1.31. The van der Waals surface area contributed by atoms with E-state index in [4.69, 9.17) is 10.8 Å². The van der Waals surface area contributed by atoms with Crippen molar-refractivity contribution in [2.24, 2.45) is 16.0 Å². The highest BCUT2D eigenvalue weighted by Crippen LogP contribution is 2.06. The van der Waals surface area contributed by atoms with Gasteiger partial charge in [-0.1, -0.05) is 0 Å². The summed E-state index contributed by atoms with van der Waals surface area (Å²) < 4.78 is 0. The van der Waals surface area contributed by atoms with E-state index in [1.165, 1.54) is 12.3 Å². The molecule has 1 aliphatic heterocycles. The minimum Gasteiger partial charge on any atom is -0.353 e. The fourth-order valence-corrected chi connectivity index (χ4v) is 0.302. The molecule has 0 radical (unpaired) electrons. The molecule has 1 heterocycles. The number of aliphatic hydroxyl groups is 1. The molecule has 0 amide bonds. The standard InChI is InChI=1S/C3H5N3O/c4-3(7)1-2-5-6-3/h1-2,7H,4H2. The molecule has 0 aromatic heterocycles. The Morgan fingerprint density at radius 3 is 2.57 bits per heavy atom. The monoisotopic (exact) mass is 99.0 g/mol. The highest BCUT2D eigenvalue weighted by molar-refractivity contribution is 4.98. The van der Waals surface area contributed by atoms with Crippen LogP contribution in [0.5, 0.6) is 0 Å². The van der Waals surface area contributed by atoms with Gasteiger partial charge >= 0.3 is 0 Å². The summed E-state index contributed by atoms with van der Waals surface area (Å²) in [6.45, 7) is 0. The van der Waals surface area contributed by atoms with Crippen LogP contribution in [-0.2, 0) is 0 Å². The molecule has 0 fully saturated rings. The molecule has 0 aromatic carbocycles. The maximum Gasteiger partial charge on any atom is 0.252 e. The van der Waals surface area contributed by atoms with Crippen molar-refractivity contribution in [3.63, 3.8) is 0 Å². The summed E-state index contributed by atoms with van der Waals surface area (Å²) in [7, 11) is 0. The van der Waals surface area contributed by atoms with Crippen LogP contribution in [0, 0.1) is 0 Å². The fraction of sp³-hybridized carbons (Fsp3) is 0.333. The van der Waals surface area contributed by atoms with Gasteiger partial charge in [-0.2, -0.15) is 5.11 Å². The van der Waals surface area contributed by atoms with E-state index < -0.39 is 5.85 Å². The molecule has 4 nitrogen and oxygen atoms in total. The second kappa shape index (κ2) is 1.11. The van der Waals surface area contributed by atoms with Gasteiger partial charge in [-0.3, -0.25) is 5.73 Å². The van der Waals surface area contributed by atoms with Gasteiger partial charge in [-0.05, 0) is 0 Å². The molecule has 1 atom stereocenters. The van der Waals surface area contributed by atoms with Crippen molar-refractivity contribution in [1.29, 1.82) is 0 Å². The van der Waals surface area contributed by atoms with Gasteiger partial charge in [0.15, 0.2) is 0 Å². The Hall–Kier alpha value is -0.740. The van der Waals surface area contributed by atoms with Crippen LogP contribution in [0.25, 0.3) is 0 Å². The topological polar surface area (TPSA) is 71.0 Å². The van der Waals surface area contributed by atoms with Crippen LogP contribution in [0.1, 0.15) is 0 Å². The summed E-state index contributed by atoms with van der Waals surface area (Å²) in [6.07, 6.45) is 2.65. The van der Waals surface area contributed by atoms with Crippen molar-refractivity contribution >= 4 is 0 Å². The van der Waals surface area contributed by atoms with Crippen LogP contribution in [0.15, 0.2) is 22.5 Å². The first-order valence-electron chi connectivity index (χ1n) is 1.82. The molecule has 0 aliphatic carbocycles. The van der Waals surface area contributed by atoms with E-state index in [-0.39, 0.29) is 0 Å². The van der Waals surface area contributed by atoms with Gasteiger partial charge in [0, 0.05) is 6.08 Å². The first kappa shape index (κ1) is 4.42. The number of hydrogen-bond donors (Lipinski definition) is 2. The molecule has 0 spiro atoms. The summed E-state index contributed by atoms with van der Waals surface area (Å²) in [6, 6.07) is 0. The summed E-state index contributed by atoms with van der Waals surface area (Å²) in [5, 5.41) is 15.1. The van der Waals surface area contributed by atoms with Crippen molar-refractivity contribution in [2.75, 3.05) is 0 Å². The van der Waals surface area contributed by atoms with Crippen LogP contribution in [0.2, 0.25) is 0 Å². The second-order valence-corrected chi connectivity index (χ2v) is 1.31. The fourth-order valence-electron chi connectivity index (χ4n) is 0.302. The van der Waals surface area contributed by atoms with Gasteiger partial charge in [-0.15, -0.1) is 5.11 Å². The van der Waals surface area contributed by atoms with Crippen LogP contribution in [0.3, 0.4) is 0 Å². The lowest BCUT2D eigenvalue weighted by atomic mass is 10.5. The summed E-state index contributed by atoms with van der Waals surface area (Å²) in [5.41, 5.74) is 4.99. The van der Waals surface area contributed by atoms with Gasteiger partial charge in [0.05, 0.1) is 6.20 Å². The van der Waals surface area contributed by atoms with Crippen LogP contribution in [-0.4, -0.2) is 11.0 Å². The van der Waals surface area contributed by atoms with Crippen LogP contribution < -0.4 is 5.73 Å². The summed E-state index contributed by atoms with van der Waals surface area (Å²) >= 11 is 0. The van der Waals surface area contributed by atoms with Crippen molar-refractivity contribution in [1.82, 2.24) is 0 Å². The lowest BCUT2D eigenvalue weighted by Crippen LogP contribution is -2.32. The molecule has 0 bridgehead atoms. The van der Waals surface area contributed by atoms with Crippen molar-refractivity contribution < 1.29 is 5.11 Å². The Morgan fingerprint density at radius 1 is 1.71 bits per heavy atom. The molecule has 1 aliphatic rings. The van der Waals surface area contributed by atoms with E-state index in [2.05, 4.69) is 10.2 Å². The number of nitrogens with zero attached hydrogens (tertiary/aromatic N) is 2. The molecule has 0 aromatic rings. The number of nitrogens with two attached hydrogens (primary N) is 1. The average molecular weight is 99.1 g/mol. The number of hydrogen-bond acceptors (Lipinski definition) is 4. The van der Waals surface area contributed by atoms with Gasteiger partial charge in [0.2, 0.25) is 0 Å². The van der Waals surface area contributed by atoms with E-state index in [0.717, 1.165) is 0 Å². The molecule has 0 saturated carbocycles. The molecule has 4 heteroatoms. The maximum absolute atomic E-state index is 8.62. The van der Waals surface area contributed by atoms with Gasteiger partial charge in [0.1, 0.15) is 0 Å². The smallest absolute Gasteiger partial charge is 0.252 e. The predicted molar refractivity (Wildman–Crippen MR) is 23.1 cm³/mol. The molecular weight excluding hydrogens is 94.1 g/mol. The first-order chi connectivity index (χ1) is 3.21. The third-order valence-electron chi connectivity index (χ3n) is 0.604. The third-order valence-corrected chi connectivity index (χ3v) is 0.604. The largest absolute Gasteiger partial charge is 0.353 e. The highest BCUT2D eigenvalue weighted by atomic mass is 16.3. The zero-order valence-electron chi connectivity index (χ0n) is 3.57. The molecule has 38 valence electrons. The van der Waals surface area contributed by atoms with Gasteiger partial charge in [-0.25, -0.2) is 0 Å². The first-order valence-corrected chi connectivity index (χ1v) is 1.82. The maximum atomic E-state index is 8.62. The molecule has 7 heavy (non-hydrogen) atoms. The van der Waals surface area contributed by atoms with Crippen molar-refractivity contribution in [3.05, 3.63) is 12.3 Å². The van der Waals surface area contributed by atoms with Crippen molar-refractivity contribution in [2.45, 2.75) is 5.85 Å². The van der Waals surface area contributed by atoms with Gasteiger partial charge < -0.3 is 5.11 Å². The van der Waals surface area contributed by atoms with Gasteiger partial charge in [0.25, 0.3) is 5.85 Å². The SMILES string of the molecule is NC1(O)C=CN=N1. The lowest BCUT2D eigenvalue weighted by Gasteiger charge is -2.03. The molecule has 1 rings (SSSR count). The predicted octanol–water partition coefficient (Wildman–Crippen LogP) is -0.429. The average Bonchev–Trinajstić information content (AvgIpc) is 1.84. The lowest BCUT2D eigenvalue weighted by molar-refractivity contribution is 0.107. The quantitative estimate of drug-likeness (QED) is 0.404. The van der Waals surface area contributed by atoms with Crippen LogP contribution in [0.4, 0.5) is 0 Å². The Morgan fingerprint density at radius 2 is 2.43 bits per heavy atom. The molecule has 3 N–H and O–H groups in total. The van der Waals surface area contributed by atoms with E-state index in [0.29, 0.717) is 0 Å².